The van der Waals surface area contributed by atoms with Crippen LogP contribution in [0.15, 0.2) is 54.6 Å². The summed E-state index contributed by atoms with van der Waals surface area (Å²) >= 11 is 0. The van der Waals surface area contributed by atoms with E-state index in [1.165, 1.54) is 5.56 Å². The molecule has 4 rings (SSSR count). The smallest absolute Gasteiger partial charge is 0.321 e. The first kappa shape index (κ1) is 16.6. The Morgan fingerprint density at radius 1 is 0.962 bits per heavy atom. The van der Waals surface area contributed by atoms with Gasteiger partial charge in [-0.05, 0) is 43.0 Å². The van der Waals surface area contributed by atoms with Crippen LogP contribution in [0.5, 0.6) is 0 Å². The molecule has 2 aromatic carbocycles. The second-order valence-corrected chi connectivity index (χ2v) is 6.95. The number of carbonyl (C=O) groups excluding carboxylic acids is 2. The molecule has 5 nitrogen and oxygen atoms in total. The van der Waals surface area contributed by atoms with E-state index < -0.39 is 0 Å². The minimum atomic E-state index is -0.129. The first-order valence-electron chi connectivity index (χ1n) is 9.22. The second kappa shape index (κ2) is 7.20. The highest BCUT2D eigenvalue weighted by Gasteiger charge is 2.34. The number of urea groups is 1. The number of nitrogens with one attached hydrogen (secondary N) is 1. The van der Waals surface area contributed by atoms with E-state index in [0.29, 0.717) is 13.1 Å². The van der Waals surface area contributed by atoms with Crippen LogP contribution in [-0.2, 0) is 11.2 Å². The quantitative estimate of drug-likeness (QED) is 0.902. The molecule has 2 aromatic rings. The number of carbonyl (C=O) groups is 2. The van der Waals surface area contributed by atoms with Crippen LogP contribution in [0.2, 0.25) is 0 Å². The van der Waals surface area contributed by atoms with E-state index in [0.717, 1.165) is 37.2 Å². The number of fused-ring (bicyclic) bond motifs is 1. The average Bonchev–Trinajstić information content (AvgIpc) is 3.12. The van der Waals surface area contributed by atoms with Gasteiger partial charge in [0.25, 0.3) is 0 Å². The number of hydrogen-bond acceptors (Lipinski definition) is 2. The molecule has 1 unspecified atom stereocenters. The lowest BCUT2D eigenvalue weighted by Crippen LogP contribution is -2.47. The van der Waals surface area contributed by atoms with Gasteiger partial charge in [-0.25, -0.2) is 4.79 Å². The van der Waals surface area contributed by atoms with E-state index in [-0.39, 0.29) is 17.9 Å². The van der Waals surface area contributed by atoms with Crippen LogP contribution in [0.3, 0.4) is 0 Å². The highest BCUT2D eigenvalue weighted by molar-refractivity contribution is 5.98. The van der Waals surface area contributed by atoms with E-state index >= 15 is 0 Å². The van der Waals surface area contributed by atoms with Crippen molar-refractivity contribution in [3.63, 3.8) is 0 Å². The van der Waals surface area contributed by atoms with E-state index in [1.54, 1.807) is 4.90 Å². The Kier molecular flexibility index (Phi) is 4.61. The minimum Gasteiger partial charge on any atom is -0.324 e. The molecular weight excluding hydrogens is 326 g/mol. The van der Waals surface area contributed by atoms with Gasteiger partial charge in [0.15, 0.2) is 0 Å². The van der Waals surface area contributed by atoms with E-state index in [9.17, 15) is 9.59 Å². The molecular formula is C21H23N3O2. The molecule has 2 heterocycles. The van der Waals surface area contributed by atoms with Gasteiger partial charge >= 0.3 is 6.03 Å². The van der Waals surface area contributed by atoms with Crippen LogP contribution in [-0.4, -0.2) is 36.5 Å². The van der Waals surface area contributed by atoms with Crippen LogP contribution in [0.4, 0.5) is 16.2 Å². The van der Waals surface area contributed by atoms with E-state index in [1.807, 2.05) is 53.4 Å². The van der Waals surface area contributed by atoms with Gasteiger partial charge < -0.3 is 15.1 Å². The predicted molar refractivity (Wildman–Crippen MR) is 102 cm³/mol. The number of likely N-dealkylation sites (tertiary alicyclic amines) is 1. The highest BCUT2D eigenvalue weighted by Crippen LogP contribution is 2.30. The molecule has 134 valence electrons. The summed E-state index contributed by atoms with van der Waals surface area (Å²) in [6.45, 7) is 1.92. The minimum absolute atomic E-state index is 0.128. The van der Waals surface area contributed by atoms with Crippen molar-refractivity contribution in [3.8, 4) is 0 Å². The van der Waals surface area contributed by atoms with Gasteiger partial charge in [0.2, 0.25) is 5.91 Å². The Morgan fingerprint density at radius 2 is 1.73 bits per heavy atom. The molecule has 1 saturated heterocycles. The first-order valence-corrected chi connectivity index (χ1v) is 9.22. The number of piperidine rings is 1. The monoisotopic (exact) mass is 349 g/mol. The van der Waals surface area contributed by atoms with Gasteiger partial charge in [-0.1, -0.05) is 36.4 Å². The summed E-state index contributed by atoms with van der Waals surface area (Å²) in [6.07, 6.45) is 2.60. The third-order valence-electron chi connectivity index (χ3n) is 5.24. The zero-order valence-corrected chi connectivity index (χ0v) is 14.7. The maximum absolute atomic E-state index is 13.1. The zero-order chi connectivity index (χ0) is 17.9. The fourth-order valence-corrected chi connectivity index (χ4v) is 3.87. The van der Waals surface area contributed by atoms with Gasteiger partial charge in [0, 0.05) is 31.0 Å². The number of amides is 3. The molecule has 2 aliphatic heterocycles. The fraction of sp³-hybridized carbons (Fsp3) is 0.333. The maximum Gasteiger partial charge on any atom is 0.321 e. The van der Waals surface area contributed by atoms with Crippen molar-refractivity contribution >= 4 is 23.3 Å². The summed E-state index contributed by atoms with van der Waals surface area (Å²) in [6, 6.07) is 17.4. The third-order valence-corrected chi connectivity index (χ3v) is 5.24. The molecule has 0 radical (unpaired) electrons. The fourth-order valence-electron chi connectivity index (χ4n) is 3.87. The molecule has 5 heteroatoms. The summed E-state index contributed by atoms with van der Waals surface area (Å²) in [7, 11) is 0. The van der Waals surface area contributed by atoms with Gasteiger partial charge in [-0.15, -0.1) is 0 Å². The number of nitrogens with zero attached hydrogens (tertiary/aromatic N) is 2. The van der Waals surface area contributed by atoms with Crippen molar-refractivity contribution in [2.24, 2.45) is 5.92 Å². The van der Waals surface area contributed by atoms with Crippen LogP contribution in [0.25, 0.3) is 0 Å². The lowest BCUT2D eigenvalue weighted by atomic mass is 9.96. The maximum atomic E-state index is 13.1. The number of hydrogen-bond donors (Lipinski definition) is 1. The molecule has 0 aromatic heterocycles. The molecule has 3 amide bonds. The summed E-state index contributed by atoms with van der Waals surface area (Å²) in [5, 5.41) is 2.92. The Morgan fingerprint density at radius 3 is 2.58 bits per heavy atom. The third kappa shape index (κ3) is 3.29. The van der Waals surface area contributed by atoms with Crippen molar-refractivity contribution in [2.45, 2.75) is 19.3 Å². The van der Waals surface area contributed by atoms with Crippen LogP contribution >= 0.6 is 0 Å². The Hall–Kier alpha value is -2.82. The summed E-state index contributed by atoms with van der Waals surface area (Å²) in [5.41, 5.74) is 3.04. The Balaban J connectivity index is 1.42. The topological polar surface area (TPSA) is 52.7 Å². The normalized spacial score (nSPS) is 19.2. The standard InChI is InChI=1S/C21H23N3O2/c25-20(24-14-12-16-7-4-5-11-19(16)24)17-8-6-13-23(15-17)21(26)22-18-9-2-1-3-10-18/h1-5,7,9-11,17H,6,8,12-15H2,(H,22,26). The molecule has 0 spiro atoms. The molecule has 0 saturated carbocycles. The van der Waals surface area contributed by atoms with E-state index in [2.05, 4.69) is 11.4 Å². The van der Waals surface area contributed by atoms with Crippen molar-refractivity contribution in [2.75, 3.05) is 29.9 Å². The molecule has 1 atom stereocenters. The van der Waals surface area contributed by atoms with Crippen molar-refractivity contribution in [1.82, 2.24) is 4.90 Å². The van der Waals surface area contributed by atoms with Gasteiger partial charge in [0.1, 0.15) is 0 Å². The number of rotatable bonds is 2. The predicted octanol–water partition coefficient (Wildman–Crippen LogP) is 3.52. The molecule has 1 fully saturated rings. The molecule has 1 N–H and O–H groups in total. The Labute approximate surface area is 153 Å². The largest absolute Gasteiger partial charge is 0.324 e. The highest BCUT2D eigenvalue weighted by atomic mass is 16.2. The van der Waals surface area contributed by atoms with Crippen LogP contribution in [0, 0.1) is 5.92 Å². The van der Waals surface area contributed by atoms with Crippen molar-refractivity contribution < 1.29 is 9.59 Å². The van der Waals surface area contributed by atoms with Crippen molar-refractivity contribution in [3.05, 3.63) is 60.2 Å². The van der Waals surface area contributed by atoms with Gasteiger partial charge in [0.05, 0.1) is 5.92 Å². The molecule has 0 bridgehead atoms. The van der Waals surface area contributed by atoms with Crippen LogP contribution < -0.4 is 10.2 Å². The first-order chi connectivity index (χ1) is 12.7. The summed E-state index contributed by atoms with van der Waals surface area (Å²) in [5.74, 6) is 0.0172. The lowest BCUT2D eigenvalue weighted by molar-refractivity contribution is -0.123. The lowest BCUT2D eigenvalue weighted by Gasteiger charge is -2.34. The van der Waals surface area contributed by atoms with Gasteiger partial charge in [-0.3, -0.25) is 4.79 Å². The number of para-hydroxylation sites is 2. The summed E-state index contributed by atoms with van der Waals surface area (Å²) < 4.78 is 0. The SMILES string of the molecule is O=C(Nc1ccccc1)N1CCCC(C(=O)N2CCc3ccccc32)C1. The average molecular weight is 349 g/mol. The van der Waals surface area contributed by atoms with Crippen LogP contribution in [0.1, 0.15) is 18.4 Å². The molecule has 0 aliphatic carbocycles. The molecule has 2 aliphatic rings. The second-order valence-electron chi connectivity index (χ2n) is 6.95. The van der Waals surface area contributed by atoms with Crippen molar-refractivity contribution in [1.29, 1.82) is 0 Å². The number of benzene rings is 2. The zero-order valence-electron chi connectivity index (χ0n) is 14.7. The van der Waals surface area contributed by atoms with E-state index in [4.69, 9.17) is 0 Å². The molecule has 26 heavy (non-hydrogen) atoms. The number of anilines is 2. The van der Waals surface area contributed by atoms with Gasteiger partial charge in [-0.2, -0.15) is 0 Å². The Bertz CT molecular complexity index is 806. The summed E-state index contributed by atoms with van der Waals surface area (Å²) in [4.78, 5) is 29.3.